The zero-order valence-electron chi connectivity index (χ0n) is 13.7. The predicted molar refractivity (Wildman–Crippen MR) is 87.4 cm³/mol. The van der Waals surface area contributed by atoms with Crippen LogP contribution in [0.15, 0.2) is 30.7 Å². The third kappa shape index (κ3) is 3.76. The normalized spacial score (nSPS) is 18.3. The molecule has 0 aromatic carbocycles. The van der Waals surface area contributed by atoms with E-state index in [1.807, 2.05) is 6.20 Å². The Balaban J connectivity index is 1.73. The highest BCUT2D eigenvalue weighted by atomic mass is 16.1. The van der Waals surface area contributed by atoms with Crippen molar-refractivity contribution in [1.82, 2.24) is 24.8 Å². The van der Waals surface area contributed by atoms with Gasteiger partial charge in [0.05, 0.1) is 36.4 Å². The highest BCUT2D eigenvalue weighted by Crippen LogP contribution is 2.31. The van der Waals surface area contributed by atoms with Gasteiger partial charge in [-0.3, -0.25) is 19.7 Å². The van der Waals surface area contributed by atoms with Gasteiger partial charge < -0.3 is 9.88 Å². The summed E-state index contributed by atoms with van der Waals surface area (Å²) in [6.07, 6.45) is 7.92. The van der Waals surface area contributed by atoms with Crippen LogP contribution < -0.4 is 5.32 Å². The van der Waals surface area contributed by atoms with Crippen molar-refractivity contribution < 1.29 is 4.79 Å². The van der Waals surface area contributed by atoms with Crippen LogP contribution in [-0.2, 0) is 24.9 Å². The van der Waals surface area contributed by atoms with Crippen molar-refractivity contribution in [1.29, 1.82) is 0 Å². The Morgan fingerprint density at radius 1 is 1.43 bits per heavy atom. The van der Waals surface area contributed by atoms with Crippen molar-refractivity contribution in [2.45, 2.75) is 38.9 Å². The van der Waals surface area contributed by atoms with Crippen LogP contribution >= 0.6 is 0 Å². The molecular formula is C17H23N5O. The van der Waals surface area contributed by atoms with E-state index >= 15 is 0 Å². The first kappa shape index (κ1) is 15.7. The minimum absolute atomic E-state index is 0.0524. The minimum atomic E-state index is -0.0524. The predicted octanol–water partition coefficient (Wildman–Crippen LogP) is 1.79. The second-order valence-electron chi connectivity index (χ2n) is 6.08. The van der Waals surface area contributed by atoms with E-state index in [-0.39, 0.29) is 5.91 Å². The van der Waals surface area contributed by atoms with Gasteiger partial charge in [0.2, 0.25) is 5.91 Å². The number of nitrogens with zero attached hydrogens (tertiary/aromatic N) is 4. The largest absolute Gasteiger partial charge is 0.353 e. The molecule has 1 aliphatic rings. The molecule has 6 heteroatoms. The molecule has 3 rings (SSSR count). The lowest BCUT2D eigenvalue weighted by Crippen LogP contribution is -2.25. The standard InChI is InChI=1S/C17H23N5O/c1-13(23)19-10-14-9-18-11-16(20-14)17-6-4-8-22(17)12-15-5-3-7-21(15)2/h3,5,7,9,11,17H,4,6,8,10,12H2,1-2H3,(H,19,23)/t17-/m0/s1. The molecule has 0 spiro atoms. The zero-order valence-corrected chi connectivity index (χ0v) is 13.7. The summed E-state index contributed by atoms with van der Waals surface area (Å²) in [6.45, 7) is 3.94. The highest BCUT2D eigenvalue weighted by Gasteiger charge is 2.28. The molecular weight excluding hydrogens is 290 g/mol. The number of rotatable bonds is 5. The fourth-order valence-corrected chi connectivity index (χ4v) is 3.10. The lowest BCUT2D eigenvalue weighted by Gasteiger charge is -2.24. The van der Waals surface area contributed by atoms with E-state index in [2.05, 4.69) is 45.1 Å². The van der Waals surface area contributed by atoms with Crippen molar-refractivity contribution >= 4 is 5.91 Å². The third-order valence-corrected chi connectivity index (χ3v) is 4.34. The molecule has 1 amide bonds. The van der Waals surface area contributed by atoms with Gasteiger partial charge in [0, 0.05) is 32.4 Å². The molecule has 23 heavy (non-hydrogen) atoms. The summed E-state index contributed by atoms with van der Waals surface area (Å²) in [5.41, 5.74) is 3.11. The number of hydrogen-bond donors (Lipinski definition) is 1. The number of amides is 1. The number of likely N-dealkylation sites (tertiary alicyclic amines) is 1. The second-order valence-corrected chi connectivity index (χ2v) is 6.08. The Kier molecular flexibility index (Phi) is 4.71. The fourth-order valence-electron chi connectivity index (χ4n) is 3.10. The van der Waals surface area contributed by atoms with Gasteiger partial charge in [-0.1, -0.05) is 0 Å². The van der Waals surface area contributed by atoms with E-state index < -0.39 is 0 Å². The van der Waals surface area contributed by atoms with Crippen molar-refractivity contribution in [2.75, 3.05) is 6.54 Å². The van der Waals surface area contributed by atoms with Gasteiger partial charge in [-0.2, -0.15) is 0 Å². The maximum atomic E-state index is 11.1. The maximum absolute atomic E-state index is 11.1. The number of carbonyl (C=O) groups excluding carboxylic acids is 1. The number of hydrogen-bond acceptors (Lipinski definition) is 4. The van der Waals surface area contributed by atoms with E-state index in [1.165, 1.54) is 19.0 Å². The van der Waals surface area contributed by atoms with Crippen molar-refractivity contribution in [3.8, 4) is 0 Å². The van der Waals surface area contributed by atoms with Crippen LogP contribution in [0.1, 0.15) is 42.9 Å². The van der Waals surface area contributed by atoms with Crippen LogP contribution in [0.2, 0.25) is 0 Å². The lowest BCUT2D eigenvalue weighted by molar-refractivity contribution is -0.119. The molecule has 0 bridgehead atoms. The summed E-state index contributed by atoms with van der Waals surface area (Å²) < 4.78 is 2.16. The molecule has 1 aliphatic heterocycles. The topological polar surface area (TPSA) is 63.1 Å². The van der Waals surface area contributed by atoms with Crippen LogP contribution in [0.3, 0.4) is 0 Å². The summed E-state index contributed by atoms with van der Waals surface area (Å²) in [5.74, 6) is -0.0524. The molecule has 122 valence electrons. The second kappa shape index (κ2) is 6.91. The summed E-state index contributed by atoms with van der Waals surface area (Å²) >= 11 is 0. The Morgan fingerprint density at radius 2 is 2.30 bits per heavy atom. The fraction of sp³-hybridized carbons (Fsp3) is 0.471. The number of nitrogens with one attached hydrogen (secondary N) is 1. The van der Waals surface area contributed by atoms with E-state index in [0.29, 0.717) is 12.6 Å². The quantitative estimate of drug-likeness (QED) is 0.914. The first-order valence-corrected chi connectivity index (χ1v) is 8.03. The molecule has 2 aromatic rings. The van der Waals surface area contributed by atoms with Gasteiger partial charge in [-0.25, -0.2) is 0 Å². The monoisotopic (exact) mass is 313 g/mol. The van der Waals surface area contributed by atoms with Gasteiger partial charge in [0.25, 0.3) is 0 Å². The van der Waals surface area contributed by atoms with Crippen LogP contribution in [0.4, 0.5) is 0 Å². The van der Waals surface area contributed by atoms with Crippen molar-refractivity contribution in [3.63, 3.8) is 0 Å². The average Bonchev–Trinajstić information content (AvgIpc) is 3.16. The van der Waals surface area contributed by atoms with Crippen molar-refractivity contribution in [3.05, 3.63) is 47.8 Å². The Labute approximate surface area is 136 Å². The van der Waals surface area contributed by atoms with Crippen molar-refractivity contribution in [2.24, 2.45) is 7.05 Å². The lowest BCUT2D eigenvalue weighted by atomic mass is 10.1. The Hall–Kier alpha value is -2.21. The number of carbonyl (C=O) groups is 1. The average molecular weight is 313 g/mol. The Morgan fingerprint density at radius 3 is 3.04 bits per heavy atom. The molecule has 0 radical (unpaired) electrons. The molecule has 1 saturated heterocycles. The van der Waals surface area contributed by atoms with Crippen LogP contribution in [0, 0.1) is 0 Å². The van der Waals surface area contributed by atoms with E-state index in [4.69, 9.17) is 4.98 Å². The van der Waals surface area contributed by atoms with Gasteiger partial charge >= 0.3 is 0 Å². The molecule has 3 heterocycles. The Bertz CT molecular complexity index is 681. The molecule has 0 saturated carbocycles. The first-order valence-electron chi connectivity index (χ1n) is 8.03. The van der Waals surface area contributed by atoms with E-state index in [9.17, 15) is 4.79 Å². The molecule has 1 N–H and O–H groups in total. The summed E-state index contributed by atoms with van der Waals surface area (Å²) in [5, 5.41) is 2.78. The summed E-state index contributed by atoms with van der Waals surface area (Å²) in [4.78, 5) is 22.5. The maximum Gasteiger partial charge on any atom is 0.217 e. The number of aryl methyl sites for hydroxylation is 1. The molecule has 6 nitrogen and oxygen atoms in total. The molecule has 1 fully saturated rings. The first-order chi connectivity index (χ1) is 11.1. The number of aromatic nitrogens is 3. The molecule has 2 aromatic heterocycles. The smallest absolute Gasteiger partial charge is 0.217 e. The minimum Gasteiger partial charge on any atom is -0.353 e. The van der Waals surface area contributed by atoms with Crippen LogP contribution in [0.25, 0.3) is 0 Å². The van der Waals surface area contributed by atoms with Gasteiger partial charge in [0.15, 0.2) is 0 Å². The van der Waals surface area contributed by atoms with Crippen LogP contribution in [0.5, 0.6) is 0 Å². The zero-order chi connectivity index (χ0) is 16.2. The van der Waals surface area contributed by atoms with Gasteiger partial charge in [0.1, 0.15) is 0 Å². The van der Waals surface area contributed by atoms with E-state index in [1.54, 1.807) is 6.20 Å². The molecule has 1 atom stereocenters. The van der Waals surface area contributed by atoms with Crippen LogP contribution in [-0.4, -0.2) is 31.9 Å². The highest BCUT2D eigenvalue weighted by molar-refractivity contribution is 5.72. The molecule has 0 aliphatic carbocycles. The van der Waals surface area contributed by atoms with Gasteiger partial charge in [-0.15, -0.1) is 0 Å². The molecule has 0 unspecified atom stereocenters. The third-order valence-electron chi connectivity index (χ3n) is 4.34. The summed E-state index contributed by atoms with van der Waals surface area (Å²) in [7, 11) is 2.08. The van der Waals surface area contributed by atoms with E-state index in [0.717, 1.165) is 30.9 Å². The summed E-state index contributed by atoms with van der Waals surface area (Å²) in [6, 6.07) is 4.54. The SMILES string of the molecule is CC(=O)NCc1cncc([C@@H]2CCCN2Cc2cccn2C)n1. The van der Waals surface area contributed by atoms with Gasteiger partial charge in [-0.05, 0) is 31.5 Å².